The van der Waals surface area contributed by atoms with Gasteiger partial charge >= 0.3 is 5.97 Å². The number of halogens is 1. The van der Waals surface area contributed by atoms with Gasteiger partial charge in [-0.05, 0) is 41.9 Å². The Morgan fingerprint density at radius 2 is 2.10 bits per heavy atom. The first-order valence-electron chi connectivity index (χ1n) is 9.72. The second kappa shape index (κ2) is 7.99. The van der Waals surface area contributed by atoms with E-state index < -0.39 is 11.9 Å². The Labute approximate surface area is 185 Å². The lowest BCUT2D eigenvalue weighted by atomic mass is 10.2. The average Bonchev–Trinajstić information content (AvgIpc) is 3.26. The fraction of sp³-hybridized carbons (Fsp3) is 0.250. The van der Waals surface area contributed by atoms with Crippen molar-refractivity contribution in [3.63, 3.8) is 0 Å². The van der Waals surface area contributed by atoms with E-state index in [0.29, 0.717) is 28.7 Å². The second-order valence-corrected chi connectivity index (χ2v) is 7.74. The molecule has 160 valence electrons. The Balaban J connectivity index is 1.70. The molecule has 3 heterocycles. The molecule has 0 bridgehead atoms. The molecular formula is C20H21BrN7O3+. The van der Waals surface area contributed by atoms with Crippen LogP contribution in [-0.4, -0.2) is 36.5 Å². The van der Waals surface area contributed by atoms with E-state index in [9.17, 15) is 14.7 Å². The number of carbonyl (C=O) groups is 2. The zero-order chi connectivity index (χ0) is 22.3. The lowest BCUT2D eigenvalue weighted by Gasteiger charge is -2.07. The Morgan fingerprint density at radius 3 is 2.77 bits per heavy atom. The number of carboxylic acids is 1. The zero-order valence-electron chi connectivity index (χ0n) is 16.9. The van der Waals surface area contributed by atoms with Crippen LogP contribution in [0.15, 0.2) is 28.9 Å². The largest absolute Gasteiger partial charge is 0.478 e. The number of aryl methyl sites for hydroxylation is 2. The number of nitrogens with two attached hydrogens (primary N) is 1. The highest BCUT2D eigenvalue weighted by atomic mass is 79.9. The molecule has 4 aromatic rings. The molecule has 11 heteroatoms. The summed E-state index contributed by atoms with van der Waals surface area (Å²) >= 11 is 3.37. The number of carbonyl (C=O) groups excluding carboxylic acids is 1. The molecule has 0 unspecified atom stereocenters. The van der Waals surface area contributed by atoms with Gasteiger partial charge in [-0.15, -0.1) is 0 Å². The van der Waals surface area contributed by atoms with Crippen molar-refractivity contribution in [2.45, 2.75) is 33.5 Å². The number of hydrogen-bond acceptors (Lipinski definition) is 5. The van der Waals surface area contributed by atoms with Gasteiger partial charge in [-0.2, -0.15) is 0 Å². The lowest BCUT2D eigenvalue weighted by Crippen LogP contribution is -2.40. The number of nitrogen functional groups attached to an aromatic ring is 1. The van der Waals surface area contributed by atoms with Crippen molar-refractivity contribution in [1.82, 2.24) is 24.8 Å². The zero-order valence-corrected chi connectivity index (χ0v) is 18.5. The number of carboxylic acid groups (broad SMARTS) is 1. The van der Waals surface area contributed by atoms with E-state index in [1.54, 1.807) is 24.4 Å². The lowest BCUT2D eigenvalue weighted by molar-refractivity contribution is -0.676. The average molecular weight is 487 g/mol. The van der Waals surface area contributed by atoms with Gasteiger partial charge in [0.05, 0.1) is 23.1 Å². The normalized spacial score (nSPS) is 11.3. The number of hydrogen-bond donors (Lipinski definition) is 4. The fourth-order valence-corrected chi connectivity index (χ4v) is 4.14. The Morgan fingerprint density at radius 1 is 1.32 bits per heavy atom. The van der Waals surface area contributed by atoms with Crippen molar-refractivity contribution in [2.75, 3.05) is 5.73 Å². The van der Waals surface area contributed by atoms with Crippen LogP contribution in [0.4, 0.5) is 5.82 Å². The maximum atomic E-state index is 12.9. The summed E-state index contributed by atoms with van der Waals surface area (Å²) in [7, 11) is 0. The topological polar surface area (TPSA) is 143 Å². The SMILES string of the molecule is CCn1c(CNC(=O)c2nc3c(Br)c[nH]c3nc2N)[n+](CC)c2ccc(C(=O)O)cc21. The molecule has 5 N–H and O–H groups in total. The molecule has 0 atom stereocenters. The van der Waals surface area contributed by atoms with Crippen LogP contribution < -0.4 is 15.6 Å². The van der Waals surface area contributed by atoms with E-state index in [-0.39, 0.29) is 23.6 Å². The van der Waals surface area contributed by atoms with Gasteiger partial charge in [-0.25, -0.2) is 23.9 Å². The minimum atomic E-state index is -0.982. The number of imidazole rings is 1. The van der Waals surface area contributed by atoms with E-state index in [4.69, 9.17) is 5.73 Å². The molecule has 1 amide bonds. The van der Waals surface area contributed by atoms with Gasteiger partial charge in [-0.1, -0.05) is 0 Å². The summed E-state index contributed by atoms with van der Waals surface area (Å²) in [6, 6.07) is 5.03. The monoisotopic (exact) mass is 486 g/mol. The number of aromatic carboxylic acids is 1. The highest BCUT2D eigenvalue weighted by Gasteiger charge is 2.25. The van der Waals surface area contributed by atoms with E-state index in [1.165, 1.54) is 0 Å². The number of fused-ring (bicyclic) bond motifs is 2. The summed E-state index contributed by atoms with van der Waals surface area (Å²) in [6.45, 7) is 5.45. The maximum absolute atomic E-state index is 12.9. The van der Waals surface area contributed by atoms with Crippen molar-refractivity contribution >= 4 is 55.8 Å². The van der Waals surface area contributed by atoms with E-state index in [2.05, 4.69) is 36.2 Å². The molecule has 0 aliphatic carbocycles. The summed E-state index contributed by atoms with van der Waals surface area (Å²) in [4.78, 5) is 35.7. The van der Waals surface area contributed by atoms with Crippen molar-refractivity contribution in [3.8, 4) is 0 Å². The molecule has 0 saturated carbocycles. The highest BCUT2D eigenvalue weighted by molar-refractivity contribution is 9.10. The number of amides is 1. The van der Waals surface area contributed by atoms with Crippen LogP contribution in [0.3, 0.4) is 0 Å². The number of rotatable bonds is 6. The third-order valence-electron chi connectivity index (χ3n) is 5.17. The van der Waals surface area contributed by atoms with Crippen LogP contribution in [0.25, 0.3) is 22.2 Å². The third-order valence-corrected chi connectivity index (χ3v) is 5.77. The summed E-state index contributed by atoms with van der Waals surface area (Å²) < 4.78 is 4.73. The molecule has 0 saturated heterocycles. The second-order valence-electron chi connectivity index (χ2n) is 6.89. The smallest absolute Gasteiger partial charge is 0.335 e. The van der Waals surface area contributed by atoms with Crippen molar-refractivity contribution in [2.24, 2.45) is 0 Å². The van der Waals surface area contributed by atoms with Crippen LogP contribution in [-0.2, 0) is 19.6 Å². The fourth-order valence-electron chi connectivity index (χ4n) is 3.75. The van der Waals surface area contributed by atoms with Crippen LogP contribution in [0.5, 0.6) is 0 Å². The number of nitrogens with zero attached hydrogens (tertiary/aromatic N) is 4. The highest BCUT2D eigenvalue weighted by Crippen LogP contribution is 2.22. The van der Waals surface area contributed by atoms with Gasteiger partial charge in [0, 0.05) is 12.3 Å². The molecule has 0 radical (unpaired) electrons. The molecule has 0 fully saturated rings. The van der Waals surface area contributed by atoms with Gasteiger partial charge in [-0.3, -0.25) is 4.79 Å². The molecule has 3 aromatic heterocycles. The first-order chi connectivity index (χ1) is 14.8. The molecule has 1 aromatic carbocycles. The molecule has 31 heavy (non-hydrogen) atoms. The molecule has 10 nitrogen and oxygen atoms in total. The van der Waals surface area contributed by atoms with E-state index >= 15 is 0 Å². The van der Waals surface area contributed by atoms with Crippen LogP contribution in [0.2, 0.25) is 0 Å². The van der Waals surface area contributed by atoms with Crippen LogP contribution in [0, 0.1) is 0 Å². The molecular weight excluding hydrogens is 466 g/mol. The first kappa shape index (κ1) is 20.8. The number of nitrogens with one attached hydrogen (secondary N) is 2. The maximum Gasteiger partial charge on any atom is 0.335 e. The number of H-pyrrole nitrogens is 1. The molecule has 0 aliphatic heterocycles. The Bertz CT molecular complexity index is 1340. The number of aromatic nitrogens is 5. The molecule has 4 rings (SSSR count). The summed E-state index contributed by atoms with van der Waals surface area (Å²) in [6.07, 6.45) is 1.68. The van der Waals surface area contributed by atoms with Gasteiger partial charge in [0.25, 0.3) is 11.7 Å². The number of benzene rings is 1. The van der Waals surface area contributed by atoms with Crippen LogP contribution in [0.1, 0.15) is 40.5 Å². The molecule has 0 aliphatic rings. The van der Waals surface area contributed by atoms with Crippen molar-refractivity contribution in [3.05, 3.63) is 46.0 Å². The van der Waals surface area contributed by atoms with Crippen molar-refractivity contribution in [1.29, 1.82) is 0 Å². The number of aromatic amines is 1. The summed E-state index contributed by atoms with van der Waals surface area (Å²) in [5.41, 5.74) is 8.91. The molecule has 0 spiro atoms. The predicted molar refractivity (Wildman–Crippen MR) is 118 cm³/mol. The Hall–Kier alpha value is -3.47. The van der Waals surface area contributed by atoms with Crippen LogP contribution >= 0.6 is 15.9 Å². The summed E-state index contributed by atoms with van der Waals surface area (Å²) in [5.74, 6) is -0.554. The number of anilines is 1. The Kier molecular flexibility index (Phi) is 5.36. The summed E-state index contributed by atoms with van der Waals surface area (Å²) in [5, 5.41) is 12.2. The van der Waals surface area contributed by atoms with Gasteiger partial charge in [0.15, 0.2) is 28.2 Å². The minimum absolute atomic E-state index is 0.0323. The van der Waals surface area contributed by atoms with Gasteiger partial charge < -0.3 is 21.1 Å². The third kappa shape index (κ3) is 3.50. The van der Waals surface area contributed by atoms with E-state index in [0.717, 1.165) is 16.9 Å². The standard InChI is InChI=1S/C20H20BrN7O3/c1-3-27-12-6-5-10(20(30)31)7-13(12)28(4-2)14(27)9-24-19(29)16-17(22)26-18-15(25-16)11(21)8-23-18/h5-8H,3-4,9H2,1-2H3,(H4-,22,23,24,25,26,29,30,31)/p+1. The first-order valence-corrected chi connectivity index (χ1v) is 10.5. The predicted octanol–water partition coefficient (Wildman–Crippen LogP) is 2.21. The quantitative estimate of drug-likeness (QED) is 0.307. The minimum Gasteiger partial charge on any atom is -0.478 e. The van der Waals surface area contributed by atoms with E-state index in [1.807, 2.05) is 23.0 Å². The van der Waals surface area contributed by atoms with Gasteiger partial charge in [0.2, 0.25) is 0 Å². The van der Waals surface area contributed by atoms with Gasteiger partial charge in [0.1, 0.15) is 12.1 Å². The van der Waals surface area contributed by atoms with Crippen molar-refractivity contribution < 1.29 is 19.3 Å².